The van der Waals surface area contributed by atoms with Gasteiger partial charge in [0.2, 0.25) is 0 Å². The molecule has 1 aromatic rings. The molecule has 0 radical (unpaired) electrons. The molecule has 3 N–H and O–H groups in total. The van der Waals surface area contributed by atoms with Crippen LogP contribution >= 0.6 is 11.3 Å². The summed E-state index contributed by atoms with van der Waals surface area (Å²) in [4.78, 5) is 12.4. The van der Waals surface area contributed by atoms with Crippen molar-refractivity contribution in [3.8, 4) is 0 Å². The van der Waals surface area contributed by atoms with Crippen LogP contribution in [0.5, 0.6) is 0 Å². The van der Waals surface area contributed by atoms with Gasteiger partial charge in [-0.3, -0.25) is 4.79 Å². The monoisotopic (exact) mass is 292 g/mol. The average molecular weight is 292 g/mol. The number of anilines is 2. The van der Waals surface area contributed by atoms with Crippen molar-refractivity contribution in [2.75, 3.05) is 17.6 Å². The Labute approximate surface area is 124 Å². The molecule has 2 aliphatic rings. The second-order valence-corrected chi connectivity index (χ2v) is 7.54. The van der Waals surface area contributed by atoms with Crippen molar-refractivity contribution < 1.29 is 4.79 Å². The number of thiophene rings is 1. The van der Waals surface area contributed by atoms with E-state index in [1.165, 1.54) is 44.1 Å². The fourth-order valence-corrected chi connectivity index (χ4v) is 4.22. The molecule has 4 heteroatoms. The van der Waals surface area contributed by atoms with E-state index in [-0.39, 0.29) is 5.78 Å². The second-order valence-electron chi connectivity index (χ2n) is 6.52. The molecule has 0 spiro atoms. The number of ketones is 1. The summed E-state index contributed by atoms with van der Waals surface area (Å²) in [5.74, 6) is 0.681. The standard InChI is InChI=1S/C16H24N2OS/c1-3-6-16(7-8-16)9-18-15-12(11-4-5-11)13(17)14(20-15)10(2)19/h11,18H,3-9,17H2,1-2H3. The minimum Gasteiger partial charge on any atom is -0.397 e. The van der Waals surface area contributed by atoms with Gasteiger partial charge in [0, 0.05) is 19.0 Å². The molecule has 2 fully saturated rings. The van der Waals surface area contributed by atoms with Crippen molar-refractivity contribution in [3.63, 3.8) is 0 Å². The number of hydrogen-bond acceptors (Lipinski definition) is 4. The normalized spacial score (nSPS) is 19.9. The molecule has 0 atom stereocenters. The second kappa shape index (κ2) is 5.06. The van der Waals surface area contributed by atoms with Gasteiger partial charge in [0.15, 0.2) is 5.78 Å². The van der Waals surface area contributed by atoms with E-state index in [0.717, 1.165) is 22.1 Å². The lowest BCUT2D eigenvalue weighted by Gasteiger charge is -2.16. The Morgan fingerprint density at radius 2 is 2.15 bits per heavy atom. The largest absolute Gasteiger partial charge is 0.397 e. The van der Waals surface area contributed by atoms with Crippen LogP contribution in [0.4, 0.5) is 10.7 Å². The summed E-state index contributed by atoms with van der Waals surface area (Å²) in [6, 6.07) is 0. The Bertz CT molecular complexity index is 527. The highest BCUT2D eigenvalue weighted by atomic mass is 32.1. The number of hydrogen-bond donors (Lipinski definition) is 2. The molecule has 3 nitrogen and oxygen atoms in total. The molecule has 1 aromatic heterocycles. The maximum absolute atomic E-state index is 11.7. The summed E-state index contributed by atoms with van der Waals surface area (Å²) < 4.78 is 0. The van der Waals surface area contributed by atoms with Gasteiger partial charge in [-0.15, -0.1) is 11.3 Å². The number of rotatable bonds is 7. The first-order valence-electron chi connectivity index (χ1n) is 7.73. The zero-order valence-corrected chi connectivity index (χ0v) is 13.2. The van der Waals surface area contributed by atoms with Gasteiger partial charge < -0.3 is 11.1 Å². The first-order valence-corrected chi connectivity index (χ1v) is 8.55. The molecule has 0 aromatic carbocycles. The maximum Gasteiger partial charge on any atom is 0.171 e. The number of nitrogens with two attached hydrogens (primary N) is 1. The van der Waals surface area contributed by atoms with Crippen molar-refractivity contribution in [2.24, 2.45) is 5.41 Å². The quantitative estimate of drug-likeness (QED) is 0.732. The van der Waals surface area contributed by atoms with Crippen LogP contribution in [0, 0.1) is 5.41 Å². The zero-order valence-electron chi connectivity index (χ0n) is 12.4. The maximum atomic E-state index is 11.7. The minimum atomic E-state index is 0.0946. The van der Waals surface area contributed by atoms with Crippen molar-refractivity contribution >= 4 is 27.8 Å². The molecule has 0 saturated heterocycles. The summed E-state index contributed by atoms with van der Waals surface area (Å²) in [5, 5.41) is 4.79. The van der Waals surface area contributed by atoms with Crippen LogP contribution in [0.25, 0.3) is 0 Å². The van der Waals surface area contributed by atoms with E-state index in [1.807, 2.05) is 0 Å². The number of carbonyl (C=O) groups excluding carboxylic acids is 1. The molecule has 0 amide bonds. The molecule has 0 unspecified atom stereocenters. The Balaban J connectivity index is 1.78. The van der Waals surface area contributed by atoms with Gasteiger partial charge in [0.25, 0.3) is 0 Å². The lowest BCUT2D eigenvalue weighted by atomic mass is 10.0. The van der Waals surface area contributed by atoms with Crippen molar-refractivity contribution in [2.45, 2.75) is 58.3 Å². The summed E-state index contributed by atoms with van der Waals surface area (Å²) in [5.41, 5.74) is 8.70. The predicted molar refractivity (Wildman–Crippen MR) is 85.8 cm³/mol. The van der Waals surface area contributed by atoms with Crippen molar-refractivity contribution in [3.05, 3.63) is 10.4 Å². The van der Waals surface area contributed by atoms with E-state index in [9.17, 15) is 4.79 Å². The SMILES string of the molecule is CCCC1(CNc2sc(C(C)=O)c(N)c2C2CC2)CC1. The smallest absolute Gasteiger partial charge is 0.171 e. The van der Waals surface area contributed by atoms with Gasteiger partial charge in [0.05, 0.1) is 15.6 Å². The summed E-state index contributed by atoms with van der Waals surface area (Å²) in [6.45, 7) is 4.91. The van der Waals surface area contributed by atoms with Gasteiger partial charge >= 0.3 is 0 Å². The van der Waals surface area contributed by atoms with Crippen molar-refractivity contribution in [1.82, 2.24) is 0 Å². The van der Waals surface area contributed by atoms with Gasteiger partial charge in [-0.1, -0.05) is 13.3 Å². The molecule has 2 saturated carbocycles. The fourth-order valence-electron chi connectivity index (χ4n) is 3.12. The fraction of sp³-hybridized carbons (Fsp3) is 0.688. The highest BCUT2D eigenvalue weighted by Crippen LogP contribution is 2.53. The molecule has 0 aliphatic heterocycles. The molecule has 1 heterocycles. The Morgan fingerprint density at radius 3 is 2.65 bits per heavy atom. The molecule has 110 valence electrons. The van der Waals surface area contributed by atoms with Gasteiger partial charge in [-0.05, 0) is 43.4 Å². The summed E-state index contributed by atoms with van der Waals surface area (Å²) in [6.07, 6.45) is 7.67. The van der Waals surface area contributed by atoms with E-state index < -0.39 is 0 Å². The van der Waals surface area contributed by atoms with E-state index in [2.05, 4.69) is 12.2 Å². The number of Topliss-reactive ketones (excluding diaryl/α,β-unsaturated/α-hetero) is 1. The number of nitrogen functional groups attached to an aromatic ring is 1. The third-order valence-electron chi connectivity index (χ3n) is 4.65. The molecular weight excluding hydrogens is 268 g/mol. The van der Waals surface area contributed by atoms with Gasteiger partial charge in [0.1, 0.15) is 0 Å². The zero-order chi connectivity index (χ0) is 14.3. The number of nitrogens with one attached hydrogen (secondary N) is 1. The predicted octanol–water partition coefficient (Wildman–Crippen LogP) is 4.40. The Morgan fingerprint density at radius 1 is 1.45 bits per heavy atom. The molecule has 3 rings (SSSR count). The third kappa shape index (κ3) is 2.58. The van der Waals surface area contributed by atoms with Crippen LogP contribution in [-0.2, 0) is 0 Å². The molecule has 2 aliphatic carbocycles. The van der Waals surface area contributed by atoms with E-state index >= 15 is 0 Å². The van der Waals surface area contributed by atoms with Gasteiger partial charge in [-0.2, -0.15) is 0 Å². The number of carbonyl (C=O) groups is 1. The molecule has 20 heavy (non-hydrogen) atoms. The van der Waals surface area contributed by atoms with Crippen LogP contribution in [-0.4, -0.2) is 12.3 Å². The lowest BCUT2D eigenvalue weighted by molar-refractivity contribution is 0.102. The van der Waals surface area contributed by atoms with Crippen molar-refractivity contribution in [1.29, 1.82) is 0 Å². The molecule has 0 bridgehead atoms. The van der Waals surface area contributed by atoms with Crippen LogP contribution in [0.3, 0.4) is 0 Å². The highest BCUT2D eigenvalue weighted by Gasteiger charge is 2.42. The Hall–Kier alpha value is -1.03. The first kappa shape index (κ1) is 13.9. The van der Waals surface area contributed by atoms with Gasteiger partial charge in [-0.25, -0.2) is 0 Å². The minimum absolute atomic E-state index is 0.0946. The van der Waals surface area contributed by atoms with Crippen LogP contribution < -0.4 is 11.1 Å². The summed E-state index contributed by atoms with van der Waals surface area (Å²) >= 11 is 1.56. The molecular formula is C16H24N2OS. The topological polar surface area (TPSA) is 55.1 Å². The van der Waals surface area contributed by atoms with E-state index in [4.69, 9.17) is 5.73 Å². The van der Waals surface area contributed by atoms with E-state index in [1.54, 1.807) is 18.3 Å². The van der Waals surface area contributed by atoms with Crippen LogP contribution in [0.15, 0.2) is 0 Å². The Kier molecular flexibility index (Phi) is 3.53. The van der Waals surface area contributed by atoms with Crippen LogP contribution in [0.2, 0.25) is 0 Å². The van der Waals surface area contributed by atoms with E-state index in [0.29, 0.717) is 11.3 Å². The average Bonchev–Trinajstić information content (AvgIpc) is 3.30. The lowest BCUT2D eigenvalue weighted by Crippen LogP contribution is -2.15. The highest BCUT2D eigenvalue weighted by molar-refractivity contribution is 7.18. The van der Waals surface area contributed by atoms with Crippen LogP contribution in [0.1, 0.15) is 73.5 Å². The summed E-state index contributed by atoms with van der Waals surface area (Å²) in [7, 11) is 0. The third-order valence-corrected chi connectivity index (χ3v) is 5.93. The first-order chi connectivity index (χ1) is 9.56.